The minimum atomic E-state index is -0.929. The zero-order valence-corrected chi connectivity index (χ0v) is 11.5. The fourth-order valence-corrected chi connectivity index (χ4v) is 1.84. The first-order valence-corrected chi connectivity index (χ1v) is 6.27. The summed E-state index contributed by atoms with van der Waals surface area (Å²) < 4.78 is 27.1. The van der Waals surface area contributed by atoms with E-state index in [4.69, 9.17) is 11.0 Å². The molecule has 4 nitrogen and oxygen atoms in total. The summed E-state index contributed by atoms with van der Waals surface area (Å²) >= 11 is 0. The van der Waals surface area contributed by atoms with Gasteiger partial charge in [0.15, 0.2) is 5.82 Å². The lowest BCUT2D eigenvalue weighted by Crippen LogP contribution is -2.35. The van der Waals surface area contributed by atoms with Crippen molar-refractivity contribution in [2.24, 2.45) is 5.92 Å². The molecule has 0 aliphatic rings. The van der Waals surface area contributed by atoms with Gasteiger partial charge in [0.25, 0.3) is 5.91 Å². The van der Waals surface area contributed by atoms with Gasteiger partial charge < -0.3 is 10.6 Å². The van der Waals surface area contributed by atoms with Crippen molar-refractivity contribution in [3.63, 3.8) is 0 Å². The van der Waals surface area contributed by atoms with Crippen molar-refractivity contribution in [2.75, 3.05) is 18.8 Å². The van der Waals surface area contributed by atoms with Crippen LogP contribution in [0, 0.1) is 28.9 Å². The molecule has 0 heterocycles. The van der Waals surface area contributed by atoms with Gasteiger partial charge in [-0.3, -0.25) is 4.79 Å². The number of rotatable bonds is 5. The van der Waals surface area contributed by atoms with Gasteiger partial charge in [0.1, 0.15) is 5.82 Å². The van der Waals surface area contributed by atoms with Gasteiger partial charge in [-0.25, -0.2) is 8.78 Å². The first-order valence-electron chi connectivity index (χ1n) is 6.27. The highest BCUT2D eigenvalue weighted by Crippen LogP contribution is 2.19. The Morgan fingerprint density at radius 1 is 1.45 bits per heavy atom. The Balaban J connectivity index is 3.08. The van der Waals surface area contributed by atoms with Crippen LogP contribution in [0.4, 0.5) is 14.5 Å². The van der Waals surface area contributed by atoms with Crippen LogP contribution in [0.3, 0.4) is 0 Å². The number of carbonyl (C=O) groups is 1. The van der Waals surface area contributed by atoms with E-state index in [1.165, 1.54) is 4.90 Å². The van der Waals surface area contributed by atoms with Crippen LogP contribution in [-0.4, -0.2) is 23.9 Å². The zero-order valence-electron chi connectivity index (χ0n) is 11.5. The van der Waals surface area contributed by atoms with Crippen LogP contribution in [-0.2, 0) is 0 Å². The Bertz CT molecular complexity index is 538. The fraction of sp³-hybridized carbons (Fsp3) is 0.429. The van der Waals surface area contributed by atoms with Crippen LogP contribution < -0.4 is 5.73 Å². The van der Waals surface area contributed by atoms with Gasteiger partial charge in [0, 0.05) is 13.1 Å². The summed E-state index contributed by atoms with van der Waals surface area (Å²) in [7, 11) is 0. The molecule has 0 spiro atoms. The van der Waals surface area contributed by atoms with E-state index in [1.54, 1.807) is 0 Å². The van der Waals surface area contributed by atoms with E-state index in [0.717, 1.165) is 12.1 Å². The lowest BCUT2D eigenvalue weighted by molar-refractivity contribution is 0.0735. The van der Waals surface area contributed by atoms with Gasteiger partial charge >= 0.3 is 0 Å². The molecule has 0 aliphatic heterocycles. The van der Waals surface area contributed by atoms with Crippen molar-refractivity contribution in [1.82, 2.24) is 4.90 Å². The van der Waals surface area contributed by atoms with Crippen molar-refractivity contribution in [1.29, 1.82) is 5.26 Å². The maximum Gasteiger partial charge on any atom is 0.257 e. The second-order valence-electron chi connectivity index (χ2n) is 4.91. The van der Waals surface area contributed by atoms with Gasteiger partial charge in [-0.05, 0) is 18.1 Å². The van der Waals surface area contributed by atoms with E-state index in [0.29, 0.717) is 6.54 Å². The number of nitrogen functional groups attached to an aromatic ring is 1. The second kappa shape index (κ2) is 6.85. The Labute approximate surface area is 116 Å². The maximum atomic E-state index is 13.8. The number of nitriles is 1. The van der Waals surface area contributed by atoms with Gasteiger partial charge in [0.05, 0.1) is 23.7 Å². The number of benzene rings is 1. The molecule has 0 aromatic heterocycles. The average molecular weight is 281 g/mol. The van der Waals surface area contributed by atoms with Crippen molar-refractivity contribution in [3.05, 3.63) is 29.3 Å². The molecule has 1 amide bonds. The summed E-state index contributed by atoms with van der Waals surface area (Å²) in [5.41, 5.74) is 4.52. The number of anilines is 1. The molecule has 6 heteroatoms. The predicted octanol–water partition coefficient (Wildman–Crippen LogP) is 2.56. The number of hydrogen-bond acceptors (Lipinski definition) is 3. The number of halogens is 2. The third-order valence-corrected chi connectivity index (χ3v) is 2.66. The molecule has 20 heavy (non-hydrogen) atoms. The van der Waals surface area contributed by atoms with Crippen LogP contribution in [0.2, 0.25) is 0 Å². The van der Waals surface area contributed by atoms with Gasteiger partial charge in [-0.15, -0.1) is 0 Å². The molecule has 2 N–H and O–H groups in total. The average Bonchev–Trinajstić information content (AvgIpc) is 2.37. The van der Waals surface area contributed by atoms with Crippen LogP contribution >= 0.6 is 0 Å². The van der Waals surface area contributed by atoms with Crippen LogP contribution in [0.25, 0.3) is 0 Å². The monoisotopic (exact) mass is 281 g/mol. The predicted molar refractivity (Wildman–Crippen MR) is 71.7 cm³/mol. The van der Waals surface area contributed by atoms with Gasteiger partial charge in [-0.1, -0.05) is 13.8 Å². The highest BCUT2D eigenvalue weighted by atomic mass is 19.1. The molecular formula is C14H17F2N3O. The smallest absolute Gasteiger partial charge is 0.257 e. The van der Waals surface area contributed by atoms with E-state index < -0.39 is 28.8 Å². The first kappa shape index (κ1) is 15.9. The van der Waals surface area contributed by atoms with Crippen molar-refractivity contribution in [3.8, 4) is 6.07 Å². The molecule has 0 unspecified atom stereocenters. The van der Waals surface area contributed by atoms with Crippen molar-refractivity contribution in [2.45, 2.75) is 20.3 Å². The molecule has 0 bridgehead atoms. The van der Waals surface area contributed by atoms with Gasteiger partial charge in [-0.2, -0.15) is 5.26 Å². The summed E-state index contributed by atoms with van der Waals surface area (Å²) in [5.74, 6) is -2.21. The number of nitrogens with two attached hydrogens (primary N) is 1. The van der Waals surface area contributed by atoms with E-state index >= 15 is 0 Å². The Kier molecular flexibility index (Phi) is 5.44. The summed E-state index contributed by atoms with van der Waals surface area (Å²) in [4.78, 5) is 13.6. The maximum absolute atomic E-state index is 13.8. The minimum Gasteiger partial charge on any atom is -0.396 e. The molecule has 0 saturated carbocycles. The molecule has 108 valence electrons. The summed E-state index contributed by atoms with van der Waals surface area (Å²) in [6, 6.07) is 3.58. The molecule has 0 saturated heterocycles. The summed E-state index contributed by atoms with van der Waals surface area (Å²) in [5, 5.41) is 8.60. The largest absolute Gasteiger partial charge is 0.396 e. The molecule has 0 radical (unpaired) electrons. The Morgan fingerprint density at radius 2 is 2.10 bits per heavy atom. The third kappa shape index (κ3) is 3.92. The standard InChI is InChI=1S/C14H17F2N3O/c1-9(2)8-19(5-3-4-17)14(20)11-6-10(15)7-12(18)13(11)16/h6-7,9H,3,5,8,18H2,1-2H3. The Morgan fingerprint density at radius 3 is 2.65 bits per heavy atom. The molecule has 1 rings (SSSR count). The number of carbonyl (C=O) groups excluding carboxylic acids is 1. The summed E-state index contributed by atoms with van der Waals surface area (Å²) in [6.45, 7) is 4.31. The first-order chi connectivity index (χ1) is 9.36. The van der Waals surface area contributed by atoms with Gasteiger partial charge in [0.2, 0.25) is 0 Å². The molecule has 1 aromatic carbocycles. The number of hydrogen-bond donors (Lipinski definition) is 1. The zero-order chi connectivity index (χ0) is 15.3. The topological polar surface area (TPSA) is 70.1 Å². The number of amides is 1. The second-order valence-corrected chi connectivity index (χ2v) is 4.91. The minimum absolute atomic E-state index is 0.130. The van der Waals surface area contributed by atoms with Crippen molar-refractivity contribution < 1.29 is 13.6 Å². The SMILES string of the molecule is CC(C)CN(CCC#N)C(=O)c1cc(F)cc(N)c1F. The van der Waals surface area contributed by atoms with Crippen LogP contribution in [0.5, 0.6) is 0 Å². The molecule has 1 aromatic rings. The fourth-order valence-electron chi connectivity index (χ4n) is 1.84. The molecule has 0 aliphatic carbocycles. The lowest BCUT2D eigenvalue weighted by Gasteiger charge is -2.24. The highest BCUT2D eigenvalue weighted by Gasteiger charge is 2.22. The highest BCUT2D eigenvalue weighted by molar-refractivity contribution is 5.95. The number of nitrogens with zero attached hydrogens (tertiary/aromatic N) is 2. The Hall–Kier alpha value is -2.16. The normalized spacial score (nSPS) is 10.4. The van der Waals surface area contributed by atoms with E-state index in [-0.39, 0.29) is 18.9 Å². The van der Waals surface area contributed by atoms with Crippen LogP contribution in [0.1, 0.15) is 30.6 Å². The van der Waals surface area contributed by atoms with E-state index in [9.17, 15) is 13.6 Å². The molecule has 0 atom stereocenters. The van der Waals surface area contributed by atoms with E-state index in [1.807, 2.05) is 19.9 Å². The van der Waals surface area contributed by atoms with Crippen LogP contribution in [0.15, 0.2) is 12.1 Å². The molecular weight excluding hydrogens is 264 g/mol. The third-order valence-electron chi connectivity index (χ3n) is 2.66. The lowest BCUT2D eigenvalue weighted by atomic mass is 10.1. The quantitative estimate of drug-likeness (QED) is 0.843. The van der Waals surface area contributed by atoms with Crippen molar-refractivity contribution >= 4 is 11.6 Å². The van der Waals surface area contributed by atoms with E-state index in [2.05, 4.69) is 0 Å². The summed E-state index contributed by atoms with van der Waals surface area (Å²) in [6.07, 6.45) is 0.130. The molecule has 0 fully saturated rings.